The van der Waals surface area contributed by atoms with Gasteiger partial charge in [-0.15, -0.1) is 21.5 Å². The highest BCUT2D eigenvalue weighted by molar-refractivity contribution is 7.99. The van der Waals surface area contributed by atoms with Gasteiger partial charge in [-0.3, -0.25) is 4.79 Å². The molecule has 0 saturated heterocycles. The van der Waals surface area contributed by atoms with E-state index in [1.54, 1.807) is 18.4 Å². The molecule has 0 bridgehead atoms. The molecule has 1 N–H and O–H groups in total. The van der Waals surface area contributed by atoms with Crippen LogP contribution < -0.4 is 10.1 Å². The van der Waals surface area contributed by atoms with Crippen molar-refractivity contribution in [3.05, 3.63) is 40.3 Å². The Morgan fingerprint density at radius 1 is 1.36 bits per heavy atom. The Bertz CT molecular complexity index is 1290. The maximum Gasteiger partial charge on any atom is 0.235 e. The zero-order chi connectivity index (χ0) is 25.9. The molecule has 0 fully saturated rings. The van der Waals surface area contributed by atoms with Crippen molar-refractivity contribution in [2.45, 2.75) is 65.1 Å². The van der Waals surface area contributed by atoms with Gasteiger partial charge >= 0.3 is 0 Å². The molecule has 7 nitrogen and oxygen atoms in total. The normalized spacial score (nSPS) is 15.3. The second-order valence-corrected chi connectivity index (χ2v) is 11.8. The number of carbonyl (C=O) groups is 1. The van der Waals surface area contributed by atoms with Crippen LogP contribution in [0.25, 0.3) is 11.4 Å². The number of ether oxygens (including phenoxy) is 1. The summed E-state index contributed by atoms with van der Waals surface area (Å²) < 4.78 is 7.32. The lowest BCUT2D eigenvalue weighted by molar-refractivity contribution is -0.113. The van der Waals surface area contributed by atoms with Gasteiger partial charge < -0.3 is 14.6 Å². The van der Waals surface area contributed by atoms with E-state index >= 15 is 0 Å². The van der Waals surface area contributed by atoms with Crippen LogP contribution in [-0.2, 0) is 24.2 Å². The van der Waals surface area contributed by atoms with Crippen molar-refractivity contribution in [1.82, 2.24) is 14.8 Å². The fourth-order valence-corrected chi connectivity index (χ4v) is 6.79. The zero-order valence-electron chi connectivity index (χ0n) is 21.6. The molecule has 0 radical (unpaired) electrons. The Hall–Kier alpha value is -2.83. The van der Waals surface area contributed by atoms with Crippen LogP contribution in [0.3, 0.4) is 0 Å². The molecule has 1 unspecified atom stereocenters. The van der Waals surface area contributed by atoms with Crippen molar-refractivity contribution in [2.75, 3.05) is 18.2 Å². The number of aromatic nitrogens is 3. The first kappa shape index (κ1) is 26.2. The predicted molar refractivity (Wildman–Crippen MR) is 146 cm³/mol. The van der Waals surface area contributed by atoms with Crippen LogP contribution in [0.15, 0.2) is 29.4 Å². The highest BCUT2D eigenvalue weighted by atomic mass is 32.2. The van der Waals surface area contributed by atoms with Crippen molar-refractivity contribution in [3.8, 4) is 23.2 Å². The van der Waals surface area contributed by atoms with Gasteiger partial charge in [0.05, 0.1) is 18.4 Å². The number of thioether (sulfide) groups is 1. The first-order valence-corrected chi connectivity index (χ1v) is 14.2. The van der Waals surface area contributed by atoms with Gasteiger partial charge in [0.1, 0.15) is 16.8 Å². The lowest BCUT2D eigenvalue weighted by Gasteiger charge is -2.36. The monoisotopic (exact) mass is 523 g/mol. The van der Waals surface area contributed by atoms with Gasteiger partial charge in [0, 0.05) is 17.0 Å². The number of benzene rings is 1. The Kier molecular flexibility index (Phi) is 8.06. The number of methoxy groups -OCH3 is 1. The lowest BCUT2D eigenvalue weighted by atomic mass is 9.69. The molecule has 1 aliphatic rings. The van der Waals surface area contributed by atoms with E-state index in [1.807, 2.05) is 35.8 Å². The standard InChI is InChI=1S/C27H33N5O2S2/c1-6-27(3,4)18-11-12-20-21(15-28)25(36-22(20)14-18)29-23(33)16-35-26-31-30-24(32(26)7-2)17-9-8-10-19(13-17)34-5/h8-10,13,18H,6-7,11-12,14,16H2,1-5H3,(H,29,33). The maximum atomic E-state index is 12.9. The quantitative estimate of drug-likeness (QED) is 0.337. The first-order valence-electron chi connectivity index (χ1n) is 12.4. The van der Waals surface area contributed by atoms with Gasteiger partial charge in [-0.25, -0.2) is 0 Å². The molecule has 2 aromatic heterocycles. The molecule has 4 rings (SSSR count). The second-order valence-electron chi connectivity index (χ2n) is 9.72. The van der Waals surface area contributed by atoms with Crippen LogP contribution in [0.2, 0.25) is 0 Å². The van der Waals surface area contributed by atoms with Crippen LogP contribution in [0, 0.1) is 22.7 Å². The van der Waals surface area contributed by atoms with E-state index in [-0.39, 0.29) is 17.1 Å². The summed E-state index contributed by atoms with van der Waals surface area (Å²) in [6.45, 7) is 9.61. The molecule has 1 aromatic carbocycles. The fraction of sp³-hybridized carbons (Fsp3) is 0.481. The third-order valence-corrected chi connectivity index (χ3v) is 9.48. The summed E-state index contributed by atoms with van der Waals surface area (Å²) in [6, 6.07) is 10.0. The van der Waals surface area contributed by atoms with E-state index in [2.05, 4.69) is 42.4 Å². The molecular weight excluding hydrogens is 490 g/mol. The van der Waals surface area contributed by atoms with Crippen molar-refractivity contribution >= 4 is 34.0 Å². The Balaban J connectivity index is 1.45. The number of fused-ring (bicyclic) bond motifs is 1. The minimum atomic E-state index is -0.144. The molecule has 9 heteroatoms. The molecule has 3 aromatic rings. The minimum Gasteiger partial charge on any atom is -0.497 e. The number of amides is 1. The molecule has 1 atom stereocenters. The van der Waals surface area contributed by atoms with Crippen LogP contribution >= 0.6 is 23.1 Å². The number of rotatable bonds is 9. The summed E-state index contributed by atoms with van der Waals surface area (Å²) in [4.78, 5) is 14.1. The third kappa shape index (κ3) is 5.30. The second kappa shape index (κ2) is 11.1. The van der Waals surface area contributed by atoms with Crippen LogP contribution in [-0.4, -0.2) is 33.5 Å². The van der Waals surface area contributed by atoms with E-state index in [0.29, 0.717) is 28.2 Å². The number of thiophene rings is 1. The Morgan fingerprint density at radius 3 is 2.86 bits per heavy atom. The molecule has 1 aliphatic carbocycles. The highest BCUT2D eigenvalue weighted by Gasteiger charge is 2.34. The van der Waals surface area contributed by atoms with Gasteiger partial charge in [0.25, 0.3) is 0 Å². The van der Waals surface area contributed by atoms with Gasteiger partial charge in [0.2, 0.25) is 5.91 Å². The average Bonchev–Trinajstić information content (AvgIpc) is 3.47. The molecular formula is C27H33N5O2S2. The average molecular weight is 524 g/mol. The molecule has 190 valence electrons. The van der Waals surface area contributed by atoms with Crippen LogP contribution in [0.5, 0.6) is 5.75 Å². The SMILES string of the molecule is CCn1c(SCC(=O)Nc2sc3c(c2C#N)CCC(C(C)(C)CC)C3)nnc1-c1cccc(OC)c1. The predicted octanol–water partition coefficient (Wildman–Crippen LogP) is 6.18. The largest absolute Gasteiger partial charge is 0.497 e. The van der Waals surface area contributed by atoms with Gasteiger partial charge in [0.15, 0.2) is 11.0 Å². The van der Waals surface area contributed by atoms with Crippen molar-refractivity contribution in [1.29, 1.82) is 5.26 Å². The van der Waals surface area contributed by atoms with Gasteiger partial charge in [-0.2, -0.15) is 5.26 Å². The van der Waals surface area contributed by atoms with E-state index < -0.39 is 0 Å². The number of anilines is 1. The number of nitrogens with one attached hydrogen (secondary N) is 1. The first-order chi connectivity index (χ1) is 17.3. The van der Waals surface area contributed by atoms with Crippen LogP contribution in [0.4, 0.5) is 5.00 Å². The summed E-state index contributed by atoms with van der Waals surface area (Å²) in [6.07, 6.45) is 4.10. The smallest absolute Gasteiger partial charge is 0.235 e. The minimum absolute atomic E-state index is 0.144. The number of hydrogen-bond donors (Lipinski definition) is 1. The van der Waals surface area contributed by atoms with Gasteiger partial charge in [-0.05, 0) is 55.2 Å². The summed E-state index contributed by atoms with van der Waals surface area (Å²) in [5, 5.41) is 22.9. The molecule has 1 amide bonds. The Morgan fingerprint density at radius 2 is 2.17 bits per heavy atom. The maximum absolute atomic E-state index is 12.9. The number of hydrogen-bond acceptors (Lipinski definition) is 7. The number of carbonyl (C=O) groups excluding carboxylic acids is 1. The third-order valence-electron chi connectivity index (χ3n) is 7.34. The molecule has 0 saturated carbocycles. The fourth-order valence-electron chi connectivity index (χ4n) is 4.70. The van der Waals surface area contributed by atoms with Crippen molar-refractivity contribution in [3.63, 3.8) is 0 Å². The van der Waals surface area contributed by atoms with E-state index in [9.17, 15) is 10.1 Å². The Labute approximate surface area is 221 Å². The van der Waals surface area contributed by atoms with E-state index in [4.69, 9.17) is 4.74 Å². The lowest BCUT2D eigenvalue weighted by Crippen LogP contribution is -2.28. The number of nitriles is 1. The topological polar surface area (TPSA) is 92.8 Å². The number of nitrogens with zero attached hydrogens (tertiary/aromatic N) is 4. The summed E-state index contributed by atoms with van der Waals surface area (Å²) in [5.41, 5.74) is 2.95. The highest BCUT2D eigenvalue weighted by Crippen LogP contribution is 2.45. The van der Waals surface area contributed by atoms with Crippen molar-refractivity contribution in [2.24, 2.45) is 11.3 Å². The zero-order valence-corrected chi connectivity index (χ0v) is 23.2. The van der Waals surface area contributed by atoms with Gasteiger partial charge in [-0.1, -0.05) is 51.1 Å². The molecule has 36 heavy (non-hydrogen) atoms. The molecule has 2 heterocycles. The molecule has 0 aliphatic heterocycles. The van der Waals surface area contributed by atoms with Crippen LogP contribution in [0.1, 0.15) is 56.5 Å². The summed E-state index contributed by atoms with van der Waals surface area (Å²) in [5.74, 6) is 2.13. The van der Waals surface area contributed by atoms with E-state index in [0.717, 1.165) is 48.4 Å². The van der Waals surface area contributed by atoms with Crippen molar-refractivity contribution < 1.29 is 9.53 Å². The summed E-state index contributed by atoms with van der Waals surface area (Å²) >= 11 is 2.92. The molecule has 0 spiro atoms. The summed E-state index contributed by atoms with van der Waals surface area (Å²) in [7, 11) is 1.63. The van der Waals surface area contributed by atoms with E-state index in [1.165, 1.54) is 16.6 Å².